The number of nitrogens with two attached hydrogens (primary N) is 1. The van der Waals surface area contributed by atoms with Crippen LogP contribution in [0, 0.1) is 12.8 Å². The first-order valence-corrected chi connectivity index (χ1v) is 7.03. The monoisotopic (exact) mass is 279 g/mol. The second kappa shape index (κ2) is 6.25. The molecule has 5 nitrogen and oxygen atoms in total. The molecule has 0 aliphatic carbocycles. The highest BCUT2D eigenvalue weighted by Crippen LogP contribution is 2.16. The maximum absolute atomic E-state index is 5.61. The summed E-state index contributed by atoms with van der Waals surface area (Å²) < 4.78 is 0. The number of aromatic nitrogens is 2. The molecular weight excluding hydrogens is 258 g/mol. The Bertz CT molecular complexity index is 454. The first-order chi connectivity index (χ1) is 9.04. The van der Waals surface area contributed by atoms with Crippen LogP contribution in [-0.2, 0) is 0 Å². The van der Waals surface area contributed by atoms with Crippen LogP contribution in [0.1, 0.15) is 24.2 Å². The van der Waals surface area contributed by atoms with E-state index in [0.29, 0.717) is 22.5 Å². The fourth-order valence-corrected chi connectivity index (χ4v) is 2.38. The van der Waals surface area contributed by atoms with Gasteiger partial charge in [-0.3, -0.25) is 0 Å². The van der Waals surface area contributed by atoms with Crippen molar-refractivity contribution in [3.05, 3.63) is 17.5 Å². The van der Waals surface area contributed by atoms with E-state index in [0.717, 1.165) is 12.2 Å². The van der Waals surface area contributed by atoms with Crippen molar-refractivity contribution < 1.29 is 0 Å². The number of thiocarbonyl (C=S) groups is 1. The zero-order valence-corrected chi connectivity index (χ0v) is 12.3. The summed E-state index contributed by atoms with van der Waals surface area (Å²) in [6.07, 6.45) is 2.44. The number of nitrogens with zero attached hydrogens (tertiary/aromatic N) is 3. The summed E-state index contributed by atoms with van der Waals surface area (Å²) in [5, 5.41) is 3.31. The van der Waals surface area contributed by atoms with Crippen LogP contribution in [0.5, 0.6) is 0 Å². The SMILES string of the molecule is Cc1cc(C(N)=S)nc(NCC2CCN(C)CC2)n1. The zero-order valence-electron chi connectivity index (χ0n) is 11.5. The second-order valence-corrected chi connectivity index (χ2v) is 5.65. The summed E-state index contributed by atoms with van der Waals surface area (Å²) in [5.41, 5.74) is 7.12. The number of hydrogen-bond acceptors (Lipinski definition) is 5. The fourth-order valence-electron chi connectivity index (χ4n) is 2.28. The number of likely N-dealkylation sites (tertiary alicyclic amines) is 1. The van der Waals surface area contributed by atoms with Gasteiger partial charge >= 0.3 is 0 Å². The average Bonchev–Trinajstić information content (AvgIpc) is 2.37. The fraction of sp³-hybridized carbons (Fsp3) is 0.615. The Morgan fingerprint density at radius 1 is 1.47 bits per heavy atom. The van der Waals surface area contributed by atoms with Crippen LogP contribution < -0.4 is 11.1 Å². The van der Waals surface area contributed by atoms with Gasteiger partial charge in [0.25, 0.3) is 0 Å². The number of anilines is 1. The van der Waals surface area contributed by atoms with Crippen LogP contribution in [0.25, 0.3) is 0 Å². The lowest BCUT2D eigenvalue weighted by Gasteiger charge is -2.28. The number of aryl methyl sites for hydroxylation is 1. The molecule has 19 heavy (non-hydrogen) atoms. The minimum atomic E-state index is 0.313. The van der Waals surface area contributed by atoms with Gasteiger partial charge in [-0.1, -0.05) is 12.2 Å². The lowest BCUT2D eigenvalue weighted by Crippen LogP contribution is -2.33. The van der Waals surface area contributed by atoms with Gasteiger partial charge in [-0.15, -0.1) is 0 Å². The van der Waals surface area contributed by atoms with E-state index in [1.54, 1.807) is 0 Å². The van der Waals surface area contributed by atoms with Crippen molar-refractivity contribution in [2.45, 2.75) is 19.8 Å². The summed E-state index contributed by atoms with van der Waals surface area (Å²) in [6, 6.07) is 1.81. The third kappa shape index (κ3) is 4.11. The van der Waals surface area contributed by atoms with Gasteiger partial charge in [0.15, 0.2) is 0 Å². The first-order valence-electron chi connectivity index (χ1n) is 6.62. The maximum atomic E-state index is 5.61. The molecule has 1 fully saturated rings. The number of nitrogens with one attached hydrogen (secondary N) is 1. The first kappa shape index (κ1) is 14.1. The molecule has 1 aromatic rings. The van der Waals surface area contributed by atoms with E-state index >= 15 is 0 Å². The minimum absolute atomic E-state index is 0.313. The molecule has 0 unspecified atom stereocenters. The van der Waals surface area contributed by atoms with Crippen molar-refractivity contribution in [1.82, 2.24) is 14.9 Å². The quantitative estimate of drug-likeness (QED) is 0.807. The number of piperidine rings is 1. The van der Waals surface area contributed by atoms with Crippen LogP contribution in [0.2, 0.25) is 0 Å². The van der Waals surface area contributed by atoms with E-state index in [4.69, 9.17) is 18.0 Å². The Balaban J connectivity index is 1.94. The third-order valence-corrected chi connectivity index (χ3v) is 3.70. The predicted octanol–water partition coefficient (Wildman–Crippen LogP) is 1.17. The molecule has 1 saturated heterocycles. The Morgan fingerprint density at radius 3 is 2.79 bits per heavy atom. The van der Waals surface area contributed by atoms with E-state index in [-0.39, 0.29) is 0 Å². The normalized spacial score (nSPS) is 17.4. The summed E-state index contributed by atoms with van der Waals surface area (Å²) in [6.45, 7) is 5.16. The second-order valence-electron chi connectivity index (χ2n) is 5.21. The molecule has 2 heterocycles. The van der Waals surface area contributed by atoms with Gasteiger partial charge in [-0.25, -0.2) is 9.97 Å². The van der Waals surface area contributed by atoms with E-state index < -0.39 is 0 Å². The maximum Gasteiger partial charge on any atom is 0.223 e. The van der Waals surface area contributed by atoms with Gasteiger partial charge in [-0.05, 0) is 51.9 Å². The summed E-state index contributed by atoms with van der Waals surface area (Å²) in [5.74, 6) is 1.32. The molecule has 6 heteroatoms. The average molecular weight is 279 g/mol. The lowest BCUT2D eigenvalue weighted by atomic mass is 9.97. The van der Waals surface area contributed by atoms with Gasteiger partial charge in [-0.2, -0.15) is 0 Å². The van der Waals surface area contributed by atoms with Crippen LogP contribution in [0.15, 0.2) is 6.07 Å². The highest BCUT2D eigenvalue weighted by molar-refractivity contribution is 7.80. The molecule has 3 N–H and O–H groups in total. The van der Waals surface area contributed by atoms with Crippen LogP contribution in [0.4, 0.5) is 5.95 Å². The molecule has 0 aromatic carbocycles. The third-order valence-electron chi connectivity index (χ3n) is 3.49. The standard InChI is InChI=1S/C13H21N5S/c1-9-7-11(12(14)19)17-13(16-9)15-8-10-3-5-18(2)6-4-10/h7,10H,3-6,8H2,1-2H3,(H2,14,19)(H,15,16,17). The van der Waals surface area contributed by atoms with Crippen molar-refractivity contribution in [3.63, 3.8) is 0 Å². The summed E-state index contributed by atoms with van der Waals surface area (Å²) in [4.78, 5) is 11.4. The Hall–Kier alpha value is -1.27. The van der Waals surface area contributed by atoms with Crippen molar-refractivity contribution in [2.75, 3.05) is 32.0 Å². The summed E-state index contributed by atoms with van der Waals surface area (Å²) in [7, 11) is 2.17. The highest BCUT2D eigenvalue weighted by atomic mass is 32.1. The lowest BCUT2D eigenvalue weighted by molar-refractivity contribution is 0.226. The molecule has 1 aliphatic rings. The Labute approximate surface area is 119 Å². The zero-order chi connectivity index (χ0) is 13.8. The van der Waals surface area contributed by atoms with Crippen LogP contribution in [-0.4, -0.2) is 46.5 Å². The molecule has 1 aromatic heterocycles. The Morgan fingerprint density at radius 2 is 2.16 bits per heavy atom. The topological polar surface area (TPSA) is 67.1 Å². The molecule has 104 valence electrons. The smallest absolute Gasteiger partial charge is 0.223 e. The molecule has 1 aliphatic heterocycles. The largest absolute Gasteiger partial charge is 0.388 e. The van der Waals surface area contributed by atoms with E-state index in [1.165, 1.54) is 25.9 Å². The van der Waals surface area contributed by atoms with Crippen molar-refractivity contribution in [2.24, 2.45) is 11.7 Å². The molecule has 0 amide bonds. The predicted molar refractivity (Wildman–Crippen MR) is 81.4 cm³/mol. The number of hydrogen-bond donors (Lipinski definition) is 2. The molecular formula is C13H21N5S. The van der Waals surface area contributed by atoms with Crippen molar-refractivity contribution in [1.29, 1.82) is 0 Å². The Kier molecular flexibility index (Phi) is 4.66. The van der Waals surface area contributed by atoms with E-state index in [9.17, 15) is 0 Å². The summed E-state index contributed by atoms with van der Waals surface area (Å²) >= 11 is 4.96. The van der Waals surface area contributed by atoms with Gasteiger partial charge < -0.3 is 16.0 Å². The molecule has 0 bridgehead atoms. The molecule has 0 atom stereocenters. The minimum Gasteiger partial charge on any atom is -0.388 e. The van der Waals surface area contributed by atoms with E-state index in [1.807, 2.05) is 13.0 Å². The number of rotatable bonds is 4. The van der Waals surface area contributed by atoms with Gasteiger partial charge in [0.05, 0.1) is 0 Å². The highest BCUT2D eigenvalue weighted by Gasteiger charge is 2.16. The molecule has 0 saturated carbocycles. The van der Waals surface area contributed by atoms with E-state index in [2.05, 4.69) is 27.2 Å². The molecule has 0 spiro atoms. The van der Waals surface area contributed by atoms with Crippen LogP contribution in [0.3, 0.4) is 0 Å². The molecule has 2 rings (SSSR count). The van der Waals surface area contributed by atoms with Gasteiger partial charge in [0.1, 0.15) is 10.7 Å². The molecule has 0 radical (unpaired) electrons. The van der Waals surface area contributed by atoms with Crippen molar-refractivity contribution in [3.8, 4) is 0 Å². The van der Waals surface area contributed by atoms with Gasteiger partial charge in [0, 0.05) is 12.2 Å². The van der Waals surface area contributed by atoms with Crippen LogP contribution >= 0.6 is 12.2 Å². The van der Waals surface area contributed by atoms with Gasteiger partial charge in [0.2, 0.25) is 5.95 Å². The van der Waals surface area contributed by atoms with Crippen molar-refractivity contribution >= 4 is 23.2 Å².